The molecule has 0 saturated heterocycles. The number of nitrogens with zero attached hydrogens (tertiary/aromatic N) is 1. The van der Waals surface area contributed by atoms with Crippen LogP contribution in [0.1, 0.15) is 11.1 Å². The number of rotatable bonds is 3. The number of nitrogens with one attached hydrogen (secondary N) is 1. The van der Waals surface area contributed by atoms with Crippen molar-refractivity contribution in [2.75, 3.05) is 5.32 Å². The minimum Gasteiger partial charge on any atom is -0.380 e. The van der Waals surface area contributed by atoms with Crippen LogP contribution in [0.2, 0.25) is 10.2 Å². The topological polar surface area (TPSA) is 24.9 Å². The van der Waals surface area contributed by atoms with Gasteiger partial charge in [0.2, 0.25) is 0 Å². The van der Waals surface area contributed by atoms with Crippen LogP contribution in [-0.2, 0) is 6.54 Å². The zero-order valence-electron chi connectivity index (χ0n) is 9.67. The molecule has 0 bridgehead atoms. The number of aromatic nitrogens is 1. The largest absolute Gasteiger partial charge is 0.380 e. The van der Waals surface area contributed by atoms with Crippen molar-refractivity contribution < 1.29 is 0 Å². The zero-order chi connectivity index (χ0) is 13.1. The van der Waals surface area contributed by atoms with Gasteiger partial charge >= 0.3 is 0 Å². The molecule has 2 aromatic rings. The van der Waals surface area contributed by atoms with Crippen LogP contribution in [-0.4, -0.2) is 4.98 Å². The van der Waals surface area contributed by atoms with E-state index in [-0.39, 0.29) is 0 Å². The maximum atomic E-state index is 6.04. The molecule has 2 rings (SSSR count). The lowest BCUT2D eigenvalue weighted by atomic mass is 10.2. The van der Waals surface area contributed by atoms with Gasteiger partial charge in [-0.1, -0.05) is 29.3 Å². The van der Waals surface area contributed by atoms with Gasteiger partial charge in [-0.25, -0.2) is 4.98 Å². The number of hydrogen-bond donors (Lipinski definition) is 1. The van der Waals surface area contributed by atoms with Crippen LogP contribution in [0, 0.1) is 6.92 Å². The molecule has 0 radical (unpaired) electrons. The van der Waals surface area contributed by atoms with Gasteiger partial charge in [-0.2, -0.15) is 0 Å². The summed E-state index contributed by atoms with van der Waals surface area (Å²) in [5.74, 6) is 0. The summed E-state index contributed by atoms with van der Waals surface area (Å²) in [7, 11) is 0. The highest BCUT2D eigenvalue weighted by Gasteiger charge is 2.01. The first kappa shape index (κ1) is 13.7. The molecule has 1 aromatic heterocycles. The van der Waals surface area contributed by atoms with Gasteiger partial charge in [0.1, 0.15) is 5.15 Å². The fourth-order valence-electron chi connectivity index (χ4n) is 1.51. The van der Waals surface area contributed by atoms with E-state index >= 15 is 0 Å². The Kier molecular flexibility index (Phi) is 4.49. The van der Waals surface area contributed by atoms with E-state index in [1.165, 1.54) is 0 Å². The highest BCUT2D eigenvalue weighted by Crippen LogP contribution is 2.24. The first-order valence-electron chi connectivity index (χ1n) is 5.36. The van der Waals surface area contributed by atoms with Crippen molar-refractivity contribution in [1.29, 1.82) is 0 Å². The second-order valence-electron chi connectivity index (χ2n) is 3.93. The summed E-state index contributed by atoms with van der Waals surface area (Å²) in [4.78, 5) is 4.09. The molecule has 1 heterocycles. The molecule has 18 heavy (non-hydrogen) atoms. The van der Waals surface area contributed by atoms with Crippen LogP contribution in [0.25, 0.3) is 0 Å². The van der Waals surface area contributed by atoms with E-state index in [4.69, 9.17) is 23.2 Å². The first-order chi connectivity index (χ1) is 8.56. The van der Waals surface area contributed by atoms with Gasteiger partial charge in [0.05, 0.1) is 16.9 Å². The van der Waals surface area contributed by atoms with Crippen molar-refractivity contribution in [1.82, 2.24) is 4.98 Å². The molecule has 0 aliphatic carbocycles. The highest BCUT2D eigenvalue weighted by molar-refractivity contribution is 9.10. The van der Waals surface area contributed by atoms with Crippen LogP contribution >= 0.6 is 39.1 Å². The van der Waals surface area contributed by atoms with Crippen molar-refractivity contribution in [2.24, 2.45) is 0 Å². The monoisotopic (exact) mass is 344 g/mol. The van der Waals surface area contributed by atoms with Crippen LogP contribution in [0.3, 0.4) is 0 Å². The number of pyridine rings is 1. The normalized spacial score (nSPS) is 10.4. The zero-order valence-corrected chi connectivity index (χ0v) is 12.8. The fraction of sp³-hybridized carbons (Fsp3) is 0.154. The molecule has 0 spiro atoms. The summed E-state index contributed by atoms with van der Waals surface area (Å²) in [6.07, 6.45) is 1.72. The predicted molar refractivity (Wildman–Crippen MR) is 80.5 cm³/mol. The molecule has 5 heteroatoms. The third-order valence-corrected chi connectivity index (χ3v) is 4.12. The third-order valence-electron chi connectivity index (χ3n) is 2.50. The minimum atomic E-state index is 0.534. The van der Waals surface area contributed by atoms with Gasteiger partial charge in [-0.3, -0.25) is 0 Å². The van der Waals surface area contributed by atoms with E-state index in [9.17, 15) is 0 Å². The van der Waals surface area contributed by atoms with Gasteiger partial charge < -0.3 is 5.32 Å². The van der Waals surface area contributed by atoms with Gasteiger partial charge in [0, 0.05) is 11.0 Å². The summed E-state index contributed by atoms with van der Waals surface area (Å²) in [6.45, 7) is 2.62. The minimum absolute atomic E-state index is 0.534. The molecule has 0 saturated carbocycles. The molecule has 2 nitrogen and oxygen atoms in total. The standard InChI is InChI=1S/C13H11BrCl2N2/c1-8-4-10(7-18-13(8)16)17-6-9-2-3-11(14)12(15)5-9/h2-5,7,17H,6H2,1H3. The number of aryl methyl sites for hydroxylation is 1. The van der Waals surface area contributed by atoms with Crippen LogP contribution in [0.4, 0.5) is 5.69 Å². The molecule has 94 valence electrons. The summed E-state index contributed by atoms with van der Waals surface area (Å²) >= 11 is 15.3. The Bertz CT molecular complexity index is 521. The maximum absolute atomic E-state index is 6.04. The van der Waals surface area contributed by atoms with Crippen molar-refractivity contribution >= 4 is 44.8 Å². The Balaban J connectivity index is 2.06. The molecule has 1 aromatic carbocycles. The maximum Gasteiger partial charge on any atom is 0.132 e. The van der Waals surface area contributed by atoms with E-state index in [0.29, 0.717) is 16.7 Å². The van der Waals surface area contributed by atoms with E-state index in [1.807, 2.05) is 31.2 Å². The van der Waals surface area contributed by atoms with E-state index in [0.717, 1.165) is 21.3 Å². The van der Waals surface area contributed by atoms with Crippen LogP contribution in [0.5, 0.6) is 0 Å². The quantitative estimate of drug-likeness (QED) is 0.785. The second-order valence-corrected chi connectivity index (χ2v) is 5.55. The van der Waals surface area contributed by atoms with Gasteiger partial charge in [-0.15, -0.1) is 0 Å². The number of hydrogen-bond acceptors (Lipinski definition) is 2. The van der Waals surface area contributed by atoms with E-state index < -0.39 is 0 Å². The first-order valence-corrected chi connectivity index (χ1v) is 6.91. The number of anilines is 1. The van der Waals surface area contributed by atoms with Gasteiger partial charge in [-0.05, 0) is 52.2 Å². The Labute approximate surface area is 124 Å². The van der Waals surface area contributed by atoms with Crippen LogP contribution in [0.15, 0.2) is 34.9 Å². The lowest BCUT2D eigenvalue weighted by molar-refractivity contribution is 1.13. The van der Waals surface area contributed by atoms with Crippen molar-refractivity contribution in [2.45, 2.75) is 13.5 Å². The molecule has 0 atom stereocenters. The lowest BCUT2D eigenvalue weighted by Gasteiger charge is -2.08. The SMILES string of the molecule is Cc1cc(NCc2ccc(Br)c(Cl)c2)cnc1Cl. The summed E-state index contributed by atoms with van der Waals surface area (Å²) in [6, 6.07) is 7.84. The Morgan fingerprint density at radius 1 is 1.28 bits per heavy atom. The van der Waals surface area contributed by atoms with Gasteiger partial charge in [0.25, 0.3) is 0 Å². The average molecular weight is 346 g/mol. The number of halogens is 3. The molecule has 1 N–H and O–H groups in total. The Hall–Kier alpha value is -0.770. The summed E-state index contributed by atoms with van der Waals surface area (Å²) < 4.78 is 0.900. The molecule has 0 fully saturated rings. The molecule has 0 amide bonds. The summed E-state index contributed by atoms with van der Waals surface area (Å²) in [5, 5.41) is 4.52. The van der Waals surface area contributed by atoms with Crippen molar-refractivity contribution in [3.8, 4) is 0 Å². The van der Waals surface area contributed by atoms with E-state index in [2.05, 4.69) is 26.2 Å². The van der Waals surface area contributed by atoms with Crippen molar-refractivity contribution in [3.05, 3.63) is 56.2 Å². The van der Waals surface area contributed by atoms with E-state index in [1.54, 1.807) is 6.20 Å². The smallest absolute Gasteiger partial charge is 0.132 e. The molecule has 0 aliphatic heterocycles. The van der Waals surface area contributed by atoms with Crippen molar-refractivity contribution in [3.63, 3.8) is 0 Å². The third kappa shape index (κ3) is 3.37. The lowest BCUT2D eigenvalue weighted by Crippen LogP contribution is -2.00. The Morgan fingerprint density at radius 2 is 2.06 bits per heavy atom. The Morgan fingerprint density at radius 3 is 2.72 bits per heavy atom. The number of benzene rings is 1. The molecular weight excluding hydrogens is 335 g/mol. The predicted octanol–water partition coefficient (Wildman–Crippen LogP) is 5.07. The fourth-order valence-corrected chi connectivity index (χ4v) is 2.06. The summed E-state index contributed by atoms with van der Waals surface area (Å²) in [5.41, 5.74) is 3.00. The molecule has 0 unspecified atom stereocenters. The molecular formula is C13H11BrCl2N2. The molecule has 0 aliphatic rings. The highest BCUT2D eigenvalue weighted by atomic mass is 79.9. The van der Waals surface area contributed by atoms with Gasteiger partial charge in [0.15, 0.2) is 0 Å². The average Bonchev–Trinajstić information content (AvgIpc) is 2.35. The van der Waals surface area contributed by atoms with Crippen LogP contribution < -0.4 is 5.32 Å². The second kappa shape index (κ2) is 5.91.